The van der Waals surface area contributed by atoms with Gasteiger partial charge in [-0.25, -0.2) is 0 Å². The first-order valence-electron chi connectivity index (χ1n) is 6.30. The second kappa shape index (κ2) is 6.63. The molecule has 0 amide bonds. The molecule has 2 unspecified atom stereocenters. The Morgan fingerprint density at radius 3 is 1.67 bits per heavy atom. The largest absolute Gasteiger partial charge is 0.490 e. The molecular weight excluding hydrogens is 270 g/mol. The minimum Gasteiger partial charge on any atom is -0.490 e. The monoisotopic (exact) mass is 285 g/mol. The molecule has 0 saturated heterocycles. The molecule has 2 aliphatic rings. The quantitative estimate of drug-likeness (QED) is 0.611. The zero-order chi connectivity index (χ0) is 15.2. The van der Waals surface area contributed by atoms with E-state index in [0.29, 0.717) is 22.9 Å². The van der Waals surface area contributed by atoms with Gasteiger partial charge in [0, 0.05) is 24.2 Å². The van der Waals surface area contributed by atoms with Crippen molar-refractivity contribution in [2.45, 2.75) is 12.1 Å². The number of methoxy groups -OCH3 is 2. The molecule has 7 heteroatoms. The molecule has 0 radical (unpaired) electrons. The Morgan fingerprint density at radius 1 is 0.905 bits per heavy atom. The number of ether oxygens (including phenoxy) is 2. The molecule has 21 heavy (non-hydrogen) atoms. The standard InChI is InChI=1S/C14H15N5O2/c1-20-13-7-9(3-5-11(13)18-15)17-10-4-6-12(19-16)14(8-10)21-2/h3-10,17H,1-2H3. The fourth-order valence-corrected chi connectivity index (χ4v) is 2.10. The Bertz CT molecular complexity index is 590. The summed E-state index contributed by atoms with van der Waals surface area (Å²) in [6, 6.07) is -0.191. The van der Waals surface area contributed by atoms with Crippen LogP contribution in [0.5, 0.6) is 0 Å². The van der Waals surface area contributed by atoms with Crippen LogP contribution >= 0.6 is 0 Å². The number of rotatable bonds is 4. The van der Waals surface area contributed by atoms with Crippen molar-refractivity contribution in [3.63, 3.8) is 0 Å². The lowest BCUT2D eigenvalue weighted by atomic mass is 10.0. The summed E-state index contributed by atoms with van der Waals surface area (Å²) in [6.45, 7) is 0. The molecule has 0 saturated carbocycles. The molecule has 0 aromatic carbocycles. The van der Waals surface area contributed by atoms with Crippen LogP contribution in [0.2, 0.25) is 0 Å². The Labute approximate surface area is 122 Å². The molecular formula is C14H15N5O2. The van der Waals surface area contributed by atoms with Gasteiger partial charge in [-0.15, -0.1) is 0 Å². The molecule has 2 aliphatic carbocycles. The second-order valence-corrected chi connectivity index (χ2v) is 4.38. The minimum absolute atomic E-state index is 0.0953. The second-order valence-electron chi connectivity index (χ2n) is 4.38. The van der Waals surface area contributed by atoms with Gasteiger partial charge >= 0.3 is 11.4 Å². The highest BCUT2D eigenvalue weighted by atomic mass is 16.5. The van der Waals surface area contributed by atoms with E-state index >= 15 is 0 Å². The van der Waals surface area contributed by atoms with Gasteiger partial charge < -0.3 is 20.5 Å². The van der Waals surface area contributed by atoms with Crippen LogP contribution < -0.4 is 5.32 Å². The van der Waals surface area contributed by atoms with E-state index in [1.165, 1.54) is 14.2 Å². The van der Waals surface area contributed by atoms with Gasteiger partial charge in [-0.2, -0.15) is 9.58 Å². The summed E-state index contributed by atoms with van der Waals surface area (Å²) in [5.41, 5.74) is 18.4. The molecule has 2 atom stereocenters. The van der Waals surface area contributed by atoms with E-state index in [1.807, 2.05) is 12.2 Å². The van der Waals surface area contributed by atoms with Crippen LogP contribution in [0, 0.1) is 0 Å². The topological polar surface area (TPSA) is 103 Å². The normalized spacial score (nSPS) is 23.9. The Balaban J connectivity index is 2.13. The molecule has 0 bridgehead atoms. The molecule has 108 valence electrons. The Hall–Kier alpha value is -2.72. The fraction of sp³-hybridized carbons (Fsp3) is 0.286. The van der Waals surface area contributed by atoms with Crippen LogP contribution in [0.25, 0.3) is 11.1 Å². The lowest BCUT2D eigenvalue weighted by molar-refractivity contribution is -0.00721. The summed E-state index contributed by atoms with van der Waals surface area (Å²) < 4.78 is 10.3. The smallest absolute Gasteiger partial charge is 0.356 e. The summed E-state index contributed by atoms with van der Waals surface area (Å²) >= 11 is 0. The highest BCUT2D eigenvalue weighted by Crippen LogP contribution is 2.13. The lowest BCUT2D eigenvalue weighted by Crippen LogP contribution is -2.37. The van der Waals surface area contributed by atoms with Crippen LogP contribution in [-0.4, -0.2) is 47.3 Å². The van der Waals surface area contributed by atoms with Gasteiger partial charge in [-0.05, 0) is 12.2 Å². The van der Waals surface area contributed by atoms with E-state index in [0.717, 1.165) is 0 Å². The molecule has 0 fully saturated rings. The minimum atomic E-state index is -0.0953. The number of allylic oxidation sites excluding steroid dienone is 2. The first kappa shape index (κ1) is 14.7. The van der Waals surface area contributed by atoms with Crippen LogP contribution in [0.1, 0.15) is 0 Å². The van der Waals surface area contributed by atoms with E-state index in [-0.39, 0.29) is 12.1 Å². The SMILES string of the molecule is COC1=CC(NC2C=CC(=[N+]=[N-])C(OC)=C2)C=CC1=[N+]=[N-]. The molecule has 0 aromatic rings. The van der Waals surface area contributed by atoms with Crippen LogP contribution in [-0.2, 0) is 9.47 Å². The van der Waals surface area contributed by atoms with Gasteiger partial charge in [0.05, 0.1) is 14.2 Å². The van der Waals surface area contributed by atoms with Gasteiger partial charge in [-0.3, -0.25) is 5.32 Å². The number of hydrogen-bond acceptors (Lipinski definition) is 3. The predicted octanol–water partition coefficient (Wildman–Crippen LogP) is 0.855. The molecule has 0 aliphatic heterocycles. The lowest BCUT2D eigenvalue weighted by Gasteiger charge is -2.20. The van der Waals surface area contributed by atoms with Crippen molar-refractivity contribution in [3.8, 4) is 0 Å². The van der Waals surface area contributed by atoms with Crippen molar-refractivity contribution in [1.29, 1.82) is 0 Å². The average molecular weight is 285 g/mol. The first-order chi connectivity index (χ1) is 10.2. The van der Waals surface area contributed by atoms with Crippen molar-refractivity contribution in [3.05, 3.63) is 59.0 Å². The van der Waals surface area contributed by atoms with E-state index in [9.17, 15) is 0 Å². The third-order valence-electron chi connectivity index (χ3n) is 3.13. The van der Waals surface area contributed by atoms with Crippen molar-refractivity contribution < 1.29 is 19.1 Å². The average Bonchev–Trinajstić information content (AvgIpc) is 2.54. The maximum Gasteiger partial charge on any atom is 0.356 e. The van der Waals surface area contributed by atoms with Crippen molar-refractivity contribution >= 4 is 11.4 Å². The zero-order valence-corrected chi connectivity index (χ0v) is 11.7. The molecule has 2 rings (SSSR count). The number of hydrogen-bond donors (Lipinski definition) is 1. The number of nitrogens with zero attached hydrogens (tertiary/aromatic N) is 4. The Kier molecular flexibility index (Phi) is 4.64. The molecule has 0 spiro atoms. The summed E-state index contributed by atoms with van der Waals surface area (Å²) in [6.07, 6.45) is 10.6. The summed E-state index contributed by atoms with van der Waals surface area (Å²) in [7, 11) is 3.03. The number of nitrogens with one attached hydrogen (secondary N) is 1. The summed E-state index contributed by atoms with van der Waals surface area (Å²) in [5, 5.41) is 3.32. The van der Waals surface area contributed by atoms with Crippen LogP contribution in [0.15, 0.2) is 48.0 Å². The van der Waals surface area contributed by atoms with Gasteiger partial charge in [0.2, 0.25) is 11.5 Å². The molecule has 1 N–H and O–H groups in total. The van der Waals surface area contributed by atoms with Crippen molar-refractivity contribution in [1.82, 2.24) is 5.32 Å². The third kappa shape index (κ3) is 3.24. The van der Waals surface area contributed by atoms with E-state index in [2.05, 4.69) is 14.9 Å². The van der Waals surface area contributed by atoms with Gasteiger partial charge in [0.15, 0.2) is 0 Å². The van der Waals surface area contributed by atoms with E-state index in [1.54, 1.807) is 24.3 Å². The van der Waals surface area contributed by atoms with E-state index in [4.69, 9.17) is 20.5 Å². The highest BCUT2D eigenvalue weighted by Gasteiger charge is 2.24. The fourth-order valence-electron chi connectivity index (χ4n) is 2.10. The van der Waals surface area contributed by atoms with Gasteiger partial charge in [0.1, 0.15) is 0 Å². The first-order valence-corrected chi connectivity index (χ1v) is 6.30. The van der Waals surface area contributed by atoms with Crippen LogP contribution in [0.4, 0.5) is 0 Å². The summed E-state index contributed by atoms with van der Waals surface area (Å²) in [4.78, 5) is 6.29. The maximum absolute atomic E-state index is 8.84. The van der Waals surface area contributed by atoms with Gasteiger partial charge in [-0.1, -0.05) is 12.2 Å². The highest BCUT2D eigenvalue weighted by molar-refractivity contribution is 6.04. The predicted molar refractivity (Wildman–Crippen MR) is 76.4 cm³/mol. The van der Waals surface area contributed by atoms with Gasteiger partial charge in [0.25, 0.3) is 0 Å². The Morgan fingerprint density at radius 2 is 1.33 bits per heavy atom. The van der Waals surface area contributed by atoms with Crippen molar-refractivity contribution in [2.24, 2.45) is 0 Å². The summed E-state index contributed by atoms with van der Waals surface area (Å²) in [5.74, 6) is 0.983. The zero-order valence-electron chi connectivity index (χ0n) is 11.7. The maximum atomic E-state index is 8.84. The third-order valence-corrected chi connectivity index (χ3v) is 3.13. The van der Waals surface area contributed by atoms with Crippen molar-refractivity contribution in [2.75, 3.05) is 14.2 Å². The molecule has 7 nitrogen and oxygen atoms in total. The molecule has 0 aromatic heterocycles. The van der Waals surface area contributed by atoms with Crippen LogP contribution in [0.3, 0.4) is 0 Å². The molecule has 0 heterocycles. The van der Waals surface area contributed by atoms with E-state index < -0.39 is 0 Å².